The molecule has 0 saturated carbocycles. The molecule has 1 aromatic heterocycles. The van der Waals surface area contributed by atoms with E-state index in [1.165, 1.54) is 0 Å². The highest BCUT2D eigenvalue weighted by atomic mass is 32.1. The van der Waals surface area contributed by atoms with Crippen LogP contribution in [0.25, 0.3) is 0 Å². The van der Waals surface area contributed by atoms with Crippen molar-refractivity contribution in [2.45, 2.75) is 47.1 Å². The minimum Gasteiger partial charge on any atom is -0.481 e. The fraction of sp³-hybridized carbons (Fsp3) is 0.733. The predicted octanol–water partition coefficient (Wildman–Crippen LogP) is 2.97. The molecule has 0 aromatic carbocycles. The second-order valence-corrected chi connectivity index (χ2v) is 6.27. The first-order valence-electron chi connectivity index (χ1n) is 7.66. The van der Waals surface area contributed by atoms with Gasteiger partial charge in [-0.05, 0) is 26.7 Å². The Morgan fingerprint density at radius 3 is 2.43 bits per heavy atom. The van der Waals surface area contributed by atoms with Gasteiger partial charge in [-0.25, -0.2) is 4.98 Å². The van der Waals surface area contributed by atoms with Crippen LogP contribution in [-0.2, 0) is 11.3 Å². The molecule has 0 aliphatic carbocycles. The Labute approximate surface area is 131 Å². The topological polar surface area (TPSA) is 65.5 Å². The van der Waals surface area contributed by atoms with Crippen LogP contribution in [0.15, 0.2) is 6.20 Å². The maximum absolute atomic E-state index is 11.4. The summed E-state index contributed by atoms with van der Waals surface area (Å²) in [5.41, 5.74) is -0.660. The smallest absolute Gasteiger partial charge is 0.310 e. The molecule has 1 aromatic rings. The number of thiazole rings is 1. The lowest BCUT2D eigenvalue weighted by Gasteiger charge is -2.26. The van der Waals surface area contributed by atoms with E-state index in [4.69, 9.17) is 0 Å². The lowest BCUT2D eigenvalue weighted by molar-refractivity contribution is -0.149. The summed E-state index contributed by atoms with van der Waals surface area (Å²) in [7, 11) is 0. The van der Waals surface area contributed by atoms with Gasteiger partial charge in [-0.1, -0.05) is 13.8 Å². The maximum Gasteiger partial charge on any atom is 0.310 e. The van der Waals surface area contributed by atoms with Gasteiger partial charge in [0.15, 0.2) is 5.13 Å². The van der Waals surface area contributed by atoms with E-state index >= 15 is 0 Å². The van der Waals surface area contributed by atoms with Gasteiger partial charge in [-0.3, -0.25) is 4.79 Å². The van der Waals surface area contributed by atoms with Crippen molar-refractivity contribution in [2.24, 2.45) is 5.41 Å². The molecule has 0 atom stereocenters. The SMILES string of the molecule is CCN(CC)c1ncc(CNCC(CC)(CC)C(=O)O)s1. The van der Waals surface area contributed by atoms with E-state index in [1.807, 2.05) is 20.0 Å². The Balaban J connectivity index is 2.58. The van der Waals surface area contributed by atoms with Gasteiger partial charge in [0.25, 0.3) is 0 Å². The number of nitrogens with one attached hydrogen (secondary N) is 1. The Bertz CT molecular complexity index is 440. The molecule has 5 nitrogen and oxygen atoms in total. The van der Waals surface area contributed by atoms with Crippen LogP contribution >= 0.6 is 11.3 Å². The highest BCUT2D eigenvalue weighted by molar-refractivity contribution is 7.15. The zero-order chi connectivity index (χ0) is 15.9. The Kier molecular flexibility index (Phi) is 7.11. The van der Waals surface area contributed by atoms with Gasteiger partial charge in [-0.2, -0.15) is 0 Å². The van der Waals surface area contributed by atoms with Gasteiger partial charge in [0.1, 0.15) is 0 Å². The Morgan fingerprint density at radius 2 is 1.95 bits per heavy atom. The molecule has 0 saturated heterocycles. The van der Waals surface area contributed by atoms with Gasteiger partial charge in [-0.15, -0.1) is 11.3 Å². The minimum absolute atomic E-state index is 0.494. The molecule has 0 aliphatic heterocycles. The number of nitrogens with zero attached hydrogens (tertiary/aromatic N) is 2. The number of carboxylic acid groups (broad SMARTS) is 1. The quantitative estimate of drug-likeness (QED) is 0.695. The number of rotatable bonds is 10. The van der Waals surface area contributed by atoms with Gasteiger partial charge >= 0.3 is 5.97 Å². The van der Waals surface area contributed by atoms with Crippen molar-refractivity contribution in [1.29, 1.82) is 0 Å². The number of hydrogen-bond donors (Lipinski definition) is 2. The third-order valence-corrected chi connectivity index (χ3v) is 5.20. The number of aromatic nitrogens is 1. The highest BCUT2D eigenvalue weighted by Gasteiger charge is 2.34. The zero-order valence-corrected chi connectivity index (χ0v) is 14.3. The molecule has 0 amide bonds. The number of hydrogen-bond acceptors (Lipinski definition) is 5. The summed E-state index contributed by atoms with van der Waals surface area (Å²) in [5, 5.41) is 13.7. The van der Waals surface area contributed by atoms with Crippen molar-refractivity contribution in [1.82, 2.24) is 10.3 Å². The average Bonchev–Trinajstić information content (AvgIpc) is 2.93. The van der Waals surface area contributed by atoms with Gasteiger partial charge in [0.05, 0.1) is 5.41 Å². The van der Waals surface area contributed by atoms with Gasteiger partial charge in [0.2, 0.25) is 0 Å². The highest BCUT2D eigenvalue weighted by Crippen LogP contribution is 2.26. The van der Waals surface area contributed by atoms with Crippen LogP contribution in [0.4, 0.5) is 5.13 Å². The van der Waals surface area contributed by atoms with Crippen molar-refractivity contribution in [3.8, 4) is 0 Å². The zero-order valence-electron chi connectivity index (χ0n) is 13.5. The van der Waals surface area contributed by atoms with E-state index in [0.717, 1.165) is 23.1 Å². The summed E-state index contributed by atoms with van der Waals surface area (Å²) in [6.45, 7) is 11.2. The third kappa shape index (κ3) is 4.41. The molecule has 0 bridgehead atoms. The average molecular weight is 313 g/mol. The fourth-order valence-corrected chi connectivity index (χ4v) is 3.33. The normalized spacial score (nSPS) is 11.6. The van der Waals surface area contributed by atoms with E-state index in [0.29, 0.717) is 25.9 Å². The van der Waals surface area contributed by atoms with E-state index in [9.17, 15) is 9.90 Å². The maximum atomic E-state index is 11.4. The lowest BCUT2D eigenvalue weighted by Crippen LogP contribution is -2.39. The molecule has 0 unspecified atom stereocenters. The first-order valence-corrected chi connectivity index (χ1v) is 8.48. The van der Waals surface area contributed by atoms with Crippen LogP contribution < -0.4 is 10.2 Å². The van der Waals surface area contributed by atoms with Crippen molar-refractivity contribution in [3.63, 3.8) is 0 Å². The summed E-state index contributed by atoms with van der Waals surface area (Å²) in [5.74, 6) is -0.715. The Hall–Kier alpha value is -1.14. The van der Waals surface area contributed by atoms with E-state index in [2.05, 4.69) is 29.0 Å². The molecule has 1 rings (SSSR count). The van der Waals surface area contributed by atoms with Crippen molar-refractivity contribution in [3.05, 3.63) is 11.1 Å². The molecular weight excluding hydrogens is 286 g/mol. The summed E-state index contributed by atoms with van der Waals surface area (Å²) in [4.78, 5) is 19.2. The second kappa shape index (κ2) is 8.34. The van der Waals surface area contributed by atoms with E-state index in [1.54, 1.807) is 11.3 Å². The molecule has 120 valence electrons. The lowest BCUT2D eigenvalue weighted by atomic mass is 9.82. The van der Waals surface area contributed by atoms with Gasteiger partial charge < -0.3 is 15.3 Å². The van der Waals surface area contributed by atoms with Crippen molar-refractivity contribution < 1.29 is 9.90 Å². The van der Waals surface area contributed by atoms with E-state index in [-0.39, 0.29) is 0 Å². The summed E-state index contributed by atoms with van der Waals surface area (Å²) in [6, 6.07) is 0. The number of carbonyl (C=O) groups is 1. The van der Waals surface area contributed by atoms with Crippen molar-refractivity contribution >= 4 is 22.4 Å². The van der Waals surface area contributed by atoms with Crippen LogP contribution in [-0.4, -0.2) is 35.7 Å². The first kappa shape index (κ1) is 17.9. The monoisotopic (exact) mass is 313 g/mol. The molecule has 0 fully saturated rings. The summed E-state index contributed by atoms with van der Waals surface area (Å²) >= 11 is 1.67. The molecule has 1 heterocycles. The van der Waals surface area contributed by atoms with Crippen LogP contribution in [0.3, 0.4) is 0 Å². The number of aliphatic carboxylic acids is 1. The molecule has 6 heteroatoms. The molecular formula is C15H27N3O2S. The summed E-state index contributed by atoms with van der Waals surface area (Å²) < 4.78 is 0. The van der Waals surface area contributed by atoms with Crippen LogP contribution in [0.5, 0.6) is 0 Å². The van der Waals surface area contributed by atoms with Gasteiger partial charge in [0, 0.05) is 37.3 Å². The Morgan fingerprint density at radius 1 is 1.33 bits per heavy atom. The minimum atomic E-state index is -0.715. The van der Waals surface area contributed by atoms with E-state index < -0.39 is 11.4 Å². The van der Waals surface area contributed by atoms with Crippen molar-refractivity contribution in [2.75, 3.05) is 24.5 Å². The third-order valence-electron chi connectivity index (χ3n) is 4.15. The van der Waals surface area contributed by atoms with Crippen LogP contribution in [0.1, 0.15) is 45.4 Å². The first-order chi connectivity index (χ1) is 10.0. The molecule has 0 radical (unpaired) electrons. The molecule has 0 aliphatic rings. The molecule has 0 spiro atoms. The van der Waals surface area contributed by atoms with Crippen LogP contribution in [0, 0.1) is 5.41 Å². The largest absolute Gasteiger partial charge is 0.481 e. The summed E-state index contributed by atoms with van der Waals surface area (Å²) in [6.07, 6.45) is 3.16. The molecule has 21 heavy (non-hydrogen) atoms. The number of carboxylic acids is 1. The van der Waals surface area contributed by atoms with Crippen LogP contribution in [0.2, 0.25) is 0 Å². The molecule has 2 N–H and O–H groups in total. The fourth-order valence-electron chi connectivity index (χ4n) is 2.32. The predicted molar refractivity (Wildman–Crippen MR) is 88.0 cm³/mol. The number of anilines is 1. The standard InChI is InChI=1S/C15H27N3O2S/c1-5-15(6-2,13(19)20)11-16-9-12-10-17-14(21-12)18(7-3)8-4/h10,16H,5-9,11H2,1-4H3,(H,19,20). The second-order valence-electron chi connectivity index (χ2n) is 5.18.